The first kappa shape index (κ1) is 12.6. The molecule has 0 spiro atoms. The minimum atomic E-state index is 0.314. The molecule has 1 aromatic carbocycles. The first-order valence-electron chi connectivity index (χ1n) is 6.60. The van der Waals surface area contributed by atoms with Gasteiger partial charge in [-0.15, -0.1) is 0 Å². The maximum Gasteiger partial charge on any atom is 0.0386 e. The van der Waals surface area contributed by atoms with Crippen LogP contribution >= 0.6 is 0 Å². The van der Waals surface area contributed by atoms with Gasteiger partial charge in [-0.1, -0.05) is 38.1 Å². The molecular formula is C15H24N2. The zero-order chi connectivity index (χ0) is 12.5. The lowest BCUT2D eigenvalue weighted by Crippen LogP contribution is -2.32. The molecule has 0 bridgehead atoms. The smallest absolute Gasteiger partial charge is 0.0386 e. The Kier molecular flexibility index (Phi) is 3.55. The number of hydrogen-bond acceptors (Lipinski definition) is 2. The van der Waals surface area contributed by atoms with Crippen molar-refractivity contribution in [2.45, 2.75) is 38.6 Å². The second kappa shape index (κ2) is 4.79. The summed E-state index contributed by atoms with van der Waals surface area (Å²) in [5.74, 6) is 0.599. The first-order valence-corrected chi connectivity index (χ1v) is 6.60. The average molecular weight is 232 g/mol. The van der Waals surface area contributed by atoms with Crippen LogP contribution in [0.5, 0.6) is 0 Å². The van der Waals surface area contributed by atoms with Crippen molar-refractivity contribution in [2.75, 3.05) is 13.6 Å². The first-order chi connectivity index (χ1) is 8.13. The van der Waals surface area contributed by atoms with Gasteiger partial charge < -0.3 is 11.1 Å². The summed E-state index contributed by atoms with van der Waals surface area (Å²) in [7, 11) is 2.04. The maximum atomic E-state index is 5.92. The summed E-state index contributed by atoms with van der Waals surface area (Å²) in [6.07, 6.45) is 2.50. The SMILES string of the molecule is CNC(c1ccc(C(C)C)cc1)C1(CN)CC1. The van der Waals surface area contributed by atoms with Crippen molar-refractivity contribution in [2.24, 2.45) is 11.1 Å². The van der Waals surface area contributed by atoms with Crippen molar-refractivity contribution in [3.8, 4) is 0 Å². The van der Waals surface area contributed by atoms with E-state index in [0.29, 0.717) is 17.4 Å². The van der Waals surface area contributed by atoms with E-state index in [1.54, 1.807) is 0 Å². The molecule has 0 heterocycles. The Morgan fingerprint density at radius 3 is 2.06 bits per heavy atom. The average Bonchev–Trinajstić information content (AvgIpc) is 3.12. The third-order valence-electron chi connectivity index (χ3n) is 4.14. The summed E-state index contributed by atoms with van der Waals surface area (Å²) in [5, 5.41) is 3.44. The van der Waals surface area contributed by atoms with Gasteiger partial charge in [0, 0.05) is 11.5 Å². The van der Waals surface area contributed by atoms with Crippen molar-refractivity contribution in [3.63, 3.8) is 0 Å². The van der Waals surface area contributed by atoms with Crippen LogP contribution in [0.2, 0.25) is 0 Å². The lowest BCUT2D eigenvalue weighted by atomic mass is 9.89. The van der Waals surface area contributed by atoms with Crippen LogP contribution in [0.15, 0.2) is 24.3 Å². The third kappa shape index (κ3) is 2.38. The molecule has 3 N–H and O–H groups in total. The molecule has 2 rings (SSSR count). The van der Waals surface area contributed by atoms with E-state index in [-0.39, 0.29) is 0 Å². The fraction of sp³-hybridized carbons (Fsp3) is 0.600. The molecule has 17 heavy (non-hydrogen) atoms. The number of nitrogens with one attached hydrogen (secondary N) is 1. The van der Waals surface area contributed by atoms with Gasteiger partial charge in [0.25, 0.3) is 0 Å². The zero-order valence-electron chi connectivity index (χ0n) is 11.2. The predicted molar refractivity (Wildman–Crippen MR) is 73.1 cm³/mol. The standard InChI is InChI=1S/C15H24N2/c1-11(2)12-4-6-13(7-5-12)14(17-3)15(10-16)8-9-15/h4-7,11,14,17H,8-10,16H2,1-3H3. The van der Waals surface area contributed by atoms with Gasteiger partial charge in [-0.25, -0.2) is 0 Å². The van der Waals surface area contributed by atoms with Crippen molar-refractivity contribution >= 4 is 0 Å². The van der Waals surface area contributed by atoms with E-state index < -0.39 is 0 Å². The van der Waals surface area contributed by atoms with Crippen LogP contribution in [-0.4, -0.2) is 13.6 Å². The van der Waals surface area contributed by atoms with Gasteiger partial charge >= 0.3 is 0 Å². The Balaban J connectivity index is 2.20. The summed E-state index contributed by atoms with van der Waals surface area (Å²) in [6.45, 7) is 5.24. The van der Waals surface area contributed by atoms with Gasteiger partial charge in [0.05, 0.1) is 0 Å². The van der Waals surface area contributed by atoms with Crippen molar-refractivity contribution in [3.05, 3.63) is 35.4 Å². The summed E-state index contributed by atoms with van der Waals surface area (Å²) in [6, 6.07) is 9.42. The zero-order valence-corrected chi connectivity index (χ0v) is 11.2. The molecule has 1 aliphatic carbocycles. The van der Waals surface area contributed by atoms with Crippen molar-refractivity contribution < 1.29 is 0 Å². The largest absolute Gasteiger partial charge is 0.330 e. The topological polar surface area (TPSA) is 38.0 Å². The van der Waals surface area contributed by atoms with Gasteiger partial charge in [0.1, 0.15) is 0 Å². The highest BCUT2D eigenvalue weighted by atomic mass is 14.9. The van der Waals surface area contributed by atoms with Gasteiger partial charge in [0.15, 0.2) is 0 Å². The normalized spacial score (nSPS) is 19.4. The van der Waals surface area contributed by atoms with Crippen molar-refractivity contribution in [1.82, 2.24) is 5.32 Å². The Morgan fingerprint density at radius 1 is 1.18 bits per heavy atom. The summed E-state index contributed by atoms with van der Waals surface area (Å²) >= 11 is 0. The molecule has 2 heteroatoms. The minimum Gasteiger partial charge on any atom is -0.330 e. The Bertz CT molecular complexity index is 363. The van der Waals surface area contributed by atoms with E-state index in [0.717, 1.165) is 6.54 Å². The highest BCUT2D eigenvalue weighted by Gasteiger charge is 2.48. The number of benzene rings is 1. The molecule has 0 aromatic heterocycles. The van der Waals surface area contributed by atoms with Crippen LogP contribution in [0, 0.1) is 5.41 Å². The second-order valence-electron chi connectivity index (χ2n) is 5.61. The number of rotatable bonds is 5. The van der Waals surface area contributed by atoms with Gasteiger partial charge in [-0.2, -0.15) is 0 Å². The highest BCUT2D eigenvalue weighted by molar-refractivity contribution is 5.29. The second-order valence-corrected chi connectivity index (χ2v) is 5.61. The Labute approximate surface area is 105 Å². The van der Waals surface area contributed by atoms with Crippen LogP contribution in [0.3, 0.4) is 0 Å². The molecule has 0 saturated heterocycles. The molecular weight excluding hydrogens is 208 g/mol. The van der Waals surface area contributed by atoms with Gasteiger partial charge in [-0.05, 0) is 43.5 Å². The highest BCUT2D eigenvalue weighted by Crippen LogP contribution is 2.53. The summed E-state index contributed by atoms with van der Waals surface area (Å²) in [5.41, 5.74) is 9.01. The number of hydrogen-bond donors (Lipinski definition) is 2. The molecule has 2 nitrogen and oxygen atoms in total. The maximum absolute atomic E-state index is 5.92. The fourth-order valence-electron chi connectivity index (χ4n) is 2.67. The van der Waals surface area contributed by atoms with Gasteiger partial charge in [0.2, 0.25) is 0 Å². The molecule has 1 atom stereocenters. The molecule has 1 fully saturated rings. The van der Waals surface area contributed by atoms with Gasteiger partial charge in [-0.3, -0.25) is 0 Å². The molecule has 1 saturated carbocycles. The molecule has 1 aromatic rings. The lowest BCUT2D eigenvalue weighted by molar-refractivity contribution is 0.366. The van der Waals surface area contributed by atoms with E-state index in [9.17, 15) is 0 Å². The van der Waals surface area contributed by atoms with Crippen LogP contribution in [-0.2, 0) is 0 Å². The lowest BCUT2D eigenvalue weighted by Gasteiger charge is -2.26. The van der Waals surface area contributed by atoms with E-state index in [2.05, 4.69) is 43.4 Å². The predicted octanol–water partition coefficient (Wildman–Crippen LogP) is 2.81. The van der Waals surface area contributed by atoms with Crippen LogP contribution in [0.4, 0.5) is 0 Å². The van der Waals surface area contributed by atoms with E-state index in [1.165, 1.54) is 24.0 Å². The summed E-state index contributed by atoms with van der Waals surface area (Å²) in [4.78, 5) is 0. The molecule has 0 aliphatic heterocycles. The monoisotopic (exact) mass is 232 g/mol. The number of nitrogens with two attached hydrogens (primary N) is 1. The van der Waals surface area contributed by atoms with E-state index in [4.69, 9.17) is 5.73 Å². The third-order valence-corrected chi connectivity index (χ3v) is 4.14. The fourth-order valence-corrected chi connectivity index (χ4v) is 2.67. The van der Waals surface area contributed by atoms with Crippen molar-refractivity contribution in [1.29, 1.82) is 0 Å². The quantitative estimate of drug-likeness (QED) is 0.819. The Hall–Kier alpha value is -0.860. The molecule has 1 aliphatic rings. The summed E-state index contributed by atoms with van der Waals surface area (Å²) < 4.78 is 0. The molecule has 0 radical (unpaired) electrons. The minimum absolute atomic E-state index is 0.314. The molecule has 0 amide bonds. The Morgan fingerprint density at radius 2 is 1.71 bits per heavy atom. The molecule has 1 unspecified atom stereocenters. The van der Waals surface area contributed by atoms with E-state index in [1.807, 2.05) is 7.05 Å². The van der Waals surface area contributed by atoms with Crippen LogP contribution in [0.1, 0.15) is 49.8 Å². The van der Waals surface area contributed by atoms with Crippen LogP contribution < -0.4 is 11.1 Å². The van der Waals surface area contributed by atoms with Crippen LogP contribution in [0.25, 0.3) is 0 Å². The molecule has 94 valence electrons. The van der Waals surface area contributed by atoms with E-state index >= 15 is 0 Å².